The fourth-order valence-electron chi connectivity index (χ4n) is 5.36. The van der Waals surface area contributed by atoms with E-state index in [2.05, 4.69) is 52.1 Å². The number of piperidine rings is 1. The van der Waals surface area contributed by atoms with Crippen LogP contribution in [0.15, 0.2) is 42.5 Å². The van der Waals surface area contributed by atoms with Crippen molar-refractivity contribution in [3.05, 3.63) is 64.8 Å². The summed E-state index contributed by atoms with van der Waals surface area (Å²) < 4.78 is 0. The summed E-state index contributed by atoms with van der Waals surface area (Å²) in [4.78, 5) is 27.3. The van der Waals surface area contributed by atoms with Gasteiger partial charge in [-0.1, -0.05) is 36.6 Å². The van der Waals surface area contributed by atoms with Crippen molar-refractivity contribution in [2.45, 2.75) is 65.0 Å². The molecule has 2 aliphatic heterocycles. The summed E-state index contributed by atoms with van der Waals surface area (Å²) in [5, 5.41) is 3.22. The quantitative estimate of drug-likeness (QED) is 0.566. The second-order valence-corrected chi connectivity index (χ2v) is 10.3. The summed E-state index contributed by atoms with van der Waals surface area (Å²) >= 11 is 0. The average molecular weight is 472 g/mol. The molecule has 0 atom stereocenters. The van der Waals surface area contributed by atoms with Crippen molar-refractivity contribution >= 4 is 22.8 Å². The molecule has 2 fully saturated rings. The van der Waals surface area contributed by atoms with Gasteiger partial charge in [-0.15, -0.1) is 0 Å². The van der Waals surface area contributed by atoms with E-state index in [4.69, 9.17) is 4.98 Å². The minimum atomic E-state index is -0.0867. The van der Waals surface area contributed by atoms with Crippen molar-refractivity contribution in [3.8, 4) is 0 Å². The lowest BCUT2D eigenvalue weighted by Crippen LogP contribution is -2.44. The van der Waals surface area contributed by atoms with Gasteiger partial charge in [-0.2, -0.15) is 0 Å². The van der Waals surface area contributed by atoms with Crippen LogP contribution in [-0.2, 0) is 6.54 Å². The number of carbonyl (C=O) groups is 1. The van der Waals surface area contributed by atoms with E-state index in [1.807, 2.05) is 24.3 Å². The van der Waals surface area contributed by atoms with Crippen LogP contribution in [-0.4, -0.2) is 53.0 Å². The SMILES string of the molecule is Cc1ccc(CN2CCC(NC(=O)c3ccc4nc(N5CCCCCC5)ccc4n3)CC2)c(C)c1. The molecule has 0 radical (unpaired) electrons. The summed E-state index contributed by atoms with van der Waals surface area (Å²) in [5.74, 6) is 0.933. The molecule has 0 saturated carbocycles. The zero-order valence-corrected chi connectivity index (χ0v) is 21.1. The van der Waals surface area contributed by atoms with Crippen molar-refractivity contribution in [1.82, 2.24) is 20.2 Å². The van der Waals surface area contributed by atoms with Crippen LogP contribution in [0.2, 0.25) is 0 Å². The third kappa shape index (κ3) is 5.81. The van der Waals surface area contributed by atoms with Crippen molar-refractivity contribution in [1.29, 1.82) is 0 Å². The van der Waals surface area contributed by atoms with Gasteiger partial charge in [0.1, 0.15) is 11.5 Å². The lowest BCUT2D eigenvalue weighted by Gasteiger charge is -2.32. The van der Waals surface area contributed by atoms with Crippen LogP contribution in [0.3, 0.4) is 0 Å². The van der Waals surface area contributed by atoms with E-state index in [1.54, 1.807) is 0 Å². The van der Waals surface area contributed by atoms with Crippen LogP contribution in [0.1, 0.15) is 65.7 Å². The van der Waals surface area contributed by atoms with Crippen LogP contribution in [0.25, 0.3) is 11.0 Å². The smallest absolute Gasteiger partial charge is 0.270 e. The summed E-state index contributed by atoms with van der Waals surface area (Å²) in [7, 11) is 0. The first-order valence-electron chi connectivity index (χ1n) is 13.2. The summed E-state index contributed by atoms with van der Waals surface area (Å²) in [6.07, 6.45) is 6.98. The second-order valence-electron chi connectivity index (χ2n) is 10.3. The maximum atomic E-state index is 12.9. The Morgan fingerprint density at radius 3 is 2.34 bits per heavy atom. The Labute approximate surface area is 208 Å². The molecule has 0 aliphatic carbocycles. The molecule has 184 valence electrons. The Morgan fingerprint density at radius 1 is 0.886 bits per heavy atom. The molecule has 0 bridgehead atoms. The average Bonchev–Trinajstić information content (AvgIpc) is 3.16. The molecule has 0 spiro atoms. The summed E-state index contributed by atoms with van der Waals surface area (Å²) in [6, 6.07) is 14.7. The minimum absolute atomic E-state index is 0.0867. The fraction of sp³-hybridized carbons (Fsp3) is 0.483. The zero-order chi connectivity index (χ0) is 24.2. The van der Waals surface area contributed by atoms with E-state index in [-0.39, 0.29) is 11.9 Å². The molecule has 2 saturated heterocycles. The number of aryl methyl sites for hydroxylation is 2. The summed E-state index contributed by atoms with van der Waals surface area (Å²) in [5.41, 5.74) is 6.16. The maximum Gasteiger partial charge on any atom is 0.270 e. The highest BCUT2D eigenvalue weighted by Gasteiger charge is 2.22. The molecule has 1 amide bonds. The van der Waals surface area contributed by atoms with Gasteiger partial charge in [0.05, 0.1) is 11.0 Å². The lowest BCUT2D eigenvalue weighted by molar-refractivity contribution is 0.0904. The summed E-state index contributed by atoms with van der Waals surface area (Å²) in [6.45, 7) is 9.42. The van der Waals surface area contributed by atoms with Gasteiger partial charge < -0.3 is 10.2 Å². The van der Waals surface area contributed by atoms with Gasteiger partial charge in [-0.3, -0.25) is 9.69 Å². The largest absolute Gasteiger partial charge is 0.357 e. The number of aromatic nitrogens is 2. The molecule has 5 rings (SSSR count). The van der Waals surface area contributed by atoms with Gasteiger partial charge in [0.15, 0.2) is 0 Å². The lowest BCUT2D eigenvalue weighted by atomic mass is 10.0. The van der Waals surface area contributed by atoms with Crippen LogP contribution >= 0.6 is 0 Å². The van der Waals surface area contributed by atoms with Crippen molar-refractivity contribution in [2.75, 3.05) is 31.1 Å². The molecule has 2 aromatic heterocycles. The molecule has 6 nitrogen and oxygen atoms in total. The van der Waals surface area contributed by atoms with Crippen LogP contribution in [0.5, 0.6) is 0 Å². The number of carbonyl (C=O) groups excluding carboxylic acids is 1. The van der Waals surface area contributed by atoms with Crippen molar-refractivity contribution in [2.24, 2.45) is 0 Å². The minimum Gasteiger partial charge on any atom is -0.357 e. The van der Waals surface area contributed by atoms with Crippen LogP contribution in [0, 0.1) is 13.8 Å². The first kappa shape index (κ1) is 23.7. The fourth-order valence-corrected chi connectivity index (χ4v) is 5.36. The topological polar surface area (TPSA) is 61.4 Å². The highest BCUT2D eigenvalue weighted by Crippen LogP contribution is 2.21. The molecular weight excluding hydrogens is 434 g/mol. The van der Waals surface area contributed by atoms with Gasteiger partial charge in [0.25, 0.3) is 5.91 Å². The standard InChI is InChI=1S/C29H37N5O/c1-21-7-8-23(22(2)19-21)20-33-17-13-24(14-18-33)30-29(35)27-10-9-26-25(31-27)11-12-28(32-26)34-15-5-3-4-6-16-34/h7-12,19,24H,3-6,13-18,20H2,1-2H3,(H,30,35). The molecule has 2 aliphatic rings. The molecule has 1 N–H and O–H groups in total. The number of nitrogens with one attached hydrogen (secondary N) is 1. The van der Waals surface area contributed by atoms with E-state index in [1.165, 1.54) is 42.4 Å². The second kappa shape index (κ2) is 10.7. The van der Waals surface area contributed by atoms with Crippen LogP contribution in [0.4, 0.5) is 5.82 Å². The third-order valence-electron chi connectivity index (χ3n) is 7.51. The Morgan fingerprint density at radius 2 is 1.60 bits per heavy atom. The monoisotopic (exact) mass is 471 g/mol. The molecule has 0 unspecified atom stereocenters. The molecule has 6 heteroatoms. The van der Waals surface area contributed by atoms with E-state index < -0.39 is 0 Å². The Bertz CT molecular complexity index is 1180. The maximum absolute atomic E-state index is 12.9. The zero-order valence-electron chi connectivity index (χ0n) is 21.1. The number of anilines is 1. The number of hydrogen-bond acceptors (Lipinski definition) is 5. The van der Waals surface area contributed by atoms with Crippen molar-refractivity contribution in [3.63, 3.8) is 0 Å². The van der Waals surface area contributed by atoms with Gasteiger partial charge in [-0.25, -0.2) is 9.97 Å². The first-order chi connectivity index (χ1) is 17.0. The predicted octanol–water partition coefficient (Wildman–Crippen LogP) is 5.02. The number of fused-ring (bicyclic) bond motifs is 1. The van der Waals surface area contributed by atoms with Crippen molar-refractivity contribution < 1.29 is 4.79 Å². The predicted molar refractivity (Wildman–Crippen MR) is 142 cm³/mol. The highest BCUT2D eigenvalue weighted by atomic mass is 16.1. The van der Waals surface area contributed by atoms with Gasteiger partial charge >= 0.3 is 0 Å². The molecule has 35 heavy (non-hydrogen) atoms. The van der Waals surface area contributed by atoms with Gasteiger partial charge in [0, 0.05) is 38.8 Å². The molecule has 4 heterocycles. The Hall–Kier alpha value is -2.99. The molecule has 3 aromatic rings. The van der Waals surface area contributed by atoms with E-state index in [0.717, 1.165) is 62.4 Å². The van der Waals surface area contributed by atoms with E-state index in [9.17, 15) is 4.79 Å². The Kier molecular flexibility index (Phi) is 7.28. The van der Waals surface area contributed by atoms with E-state index >= 15 is 0 Å². The number of benzene rings is 1. The Balaban J connectivity index is 1.17. The first-order valence-corrected chi connectivity index (χ1v) is 13.2. The number of rotatable bonds is 5. The van der Waals surface area contributed by atoms with Gasteiger partial charge in [0.2, 0.25) is 0 Å². The number of likely N-dealkylation sites (tertiary alicyclic amines) is 1. The van der Waals surface area contributed by atoms with E-state index in [0.29, 0.717) is 5.69 Å². The highest BCUT2D eigenvalue weighted by molar-refractivity contribution is 5.94. The van der Waals surface area contributed by atoms with Gasteiger partial charge in [-0.05, 0) is 74.9 Å². The number of nitrogens with zero attached hydrogens (tertiary/aromatic N) is 4. The molecular formula is C29H37N5O. The number of hydrogen-bond donors (Lipinski definition) is 1. The third-order valence-corrected chi connectivity index (χ3v) is 7.51. The number of amides is 1. The molecule has 1 aromatic carbocycles. The van der Waals surface area contributed by atoms with Crippen LogP contribution < -0.4 is 10.2 Å². The normalized spacial score (nSPS) is 17.9. The number of pyridine rings is 2.